The summed E-state index contributed by atoms with van der Waals surface area (Å²) in [6, 6.07) is 11.5. The molecule has 1 aromatic heterocycles. The zero-order chi connectivity index (χ0) is 15.2. The van der Waals surface area contributed by atoms with Crippen molar-refractivity contribution >= 4 is 17.4 Å². The monoisotopic (exact) mass is 318 g/mol. The predicted molar refractivity (Wildman–Crippen MR) is 88.2 cm³/mol. The Balaban J connectivity index is 1.53. The third-order valence-corrected chi connectivity index (χ3v) is 3.86. The number of hydrogen-bond donors (Lipinski definition) is 1. The SMILES string of the molecule is Clc1cccc(-c2ccc(NCCN3CCOCC3)nn2)c1. The van der Waals surface area contributed by atoms with Gasteiger partial charge in [0.1, 0.15) is 5.82 Å². The van der Waals surface area contributed by atoms with Crippen molar-refractivity contribution in [2.24, 2.45) is 0 Å². The summed E-state index contributed by atoms with van der Waals surface area (Å²) >= 11 is 5.99. The fourth-order valence-corrected chi connectivity index (χ4v) is 2.59. The average Bonchev–Trinajstić information content (AvgIpc) is 2.56. The van der Waals surface area contributed by atoms with Crippen LogP contribution < -0.4 is 5.32 Å². The number of morpholine rings is 1. The van der Waals surface area contributed by atoms with E-state index in [1.165, 1.54) is 0 Å². The number of benzene rings is 1. The summed E-state index contributed by atoms with van der Waals surface area (Å²) in [5, 5.41) is 12.5. The Hall–Kier alpha value is -1.69. The number of aromatic nitrogens is 2. The molecule has 0 saturated carbocycles. The molecule has 0 spiro atoms. The minimum Gasteiger partial charge on any atom is -0.379 e. The van der Waals surface area contributed by atoms with Crippen molar-refractivity contribution in [1.29, 1.82) is 0 Å². The molecule has 1 aliphatic heterocycles. The third-order valence-electron chi connectivity index (χ3n) is 3.62. The van der Waals surface area contributed by atoms with E-state index in [1.54, 1.807) is 0 Å². The molecule has 116 valence electrons. The van der Waals surface area contributed by atoms with Crippen LogP contribution in [0.4, 0.5) is 5.82 Å². The number of ether oxygens (including phenoxy) is 1. The normalized spacial score (nSPS) is 15.7. The van der Waals surface area contributed by atoms with Crippen molar-refractivity contribution < 1.29 is 4.74 Å². The van der Waals surface area contributed by atoms with Gasteiger partial charge in [-0.3, -0.25) is 4.90 Å². The maximum absolute atomic E-state index is 5.99. The Morgan fingerprint density at radius 2 is 2.00 bits per heavy atom. The largest absolute Gasteiger partial charge is 0.379 e. The lowest BCUT2D eigenvalue weighted by Crippen LogP contribution is -2.39. The fourth-order valence-electron chi connectivity index (χ4n) is 2.40. The fraction of sp³-hybridized carbons (Fsp3) is 0.375. The summed E-state index contributed by atoms with van der Waals surface area (Å²) in [4.78, 5) is 2.38. The molecule has 0 radical (unpaired) electrons. The predicted octanol–water partition coefficient (Wildman–Crippen LogP) is 2.54. The van der Waals surface area contributed by atoms with Crippen molar-refractivity contribution in [2.45, 2.75) is 0 Å². The third kappa shape index (κ3) is 4.16. The lowest BCUT2D eigenvalue weighted by atomic mass is 10.1. The summed E-state index contributed by atoms with van der Waals surface area (Å²) in [7, 11) is 0. The zero-order valence-corrected chi connectivity index (χ0v) is 13.1. The van der Waals surface area contributed by atoms with E-state index in [9.17, 15) is 0 Å². The average molecular weight is 319 g/mol. The van der Waals surface area contributed by atoms with Gasteiger partial charge in [0.2, 0.25) is 0 Å². The molecule has 1 N–H and O–H groups in total. The van der Waals surface area contributed by atoms with E-state index in [-0.39, 0.29) is 0 Å². The summed E-state index contributed by atoms with van der Waals surface area (Å²) in [6.07, 6.45) is 0. The van der Waals surface area contributed by atoms with Gasteiger partial charge in [0.15, 0.2) is 0 Å². The van der Waals surface area contributed by atoms with Crippen LogP contribution in [-0.2, 0) is 4.74 Å². The molecule has 6 heteroatoms. The van der Waals surface area contributed by atoms with Gasteiger partial charge in [0.05, 0.1) is 18.9 Å². The first-order valence-electron chi connectivity index (χ1n) is 7.45. The molecule has 0 unspecified atom stereocenters. The van der Waals surface area contributed by atoms with Gasteiger partial charge in [0.25, 0.3) is 0 Å². The molecule has 5 nitrogen and oxygen atoms in total. The second-order valence-electron chi connectivity index (χ2n) is 5.19. The van der Waals surface area contributed by atoms with Gasteiger partial charge >= 0.3 is 0 Å². The van der Waals surface area contributed by atoms with E-state index in [1.807, 2.05) is 36.4 Å². The van der Waals surface area contributed by atoms with Gasteiger partial charge < -0.3 is 10.1 Å². The Labute approximate surface area is 135 Å². The van der Waals surface area contributed by atoms with Gasteiger partial charge in [-0.2, -0.15) is 0 Å². The molecule has 1 aliphatic rings. The van der Waals surface area contributed by atoms with Crippen LogP contribution in [0.15, 0.2) is 36.4 Å². The smallest absolute Gasteiger partial charge is 0.148 e. The number of nitrogens with one attached hydrogen (secondary N) is 1. The highest BCUT2D eigenvalue weighted by Gasteiger charge is 2.09. The van der Waals surface area contributed by atoms with Crippen LogP contribution in [0.3, 0.4) is 0 Å². The molecule has 22 heavy (non-hydrogen) atoms. The molecule has 3 rings (SSSR count). The molecule has 1 saturated heterocycles. The Morgan fingerprint density at radius 1 is 1.14 bits per heavy atom. The summed E-state index contributed by atoms with van der Waals surface area (Å²) < 4.78 is 5.33. The molecule has 0 bridgehead atoms. The number of nitrogens with zero attached hydrogens (tertiary/aromatic N) is 3. The molecular weight excluding hydrogens is 300 g/mol. The van der Waals surface area contributed by atoms with Gasteiger partial charge in [-0.05, 0) is 24.3 Å². The number of anilines is 1. The topological polar surface area (TPSA) is 50.3 Å². The van der Waals surface area contributed by atoms with E-state index in [4.69, 9.17) is 16.3 Å². The number of hydrogen-bond acceptors (Lipinski definition) is 5. The summed E-state index contributed by atoms with van der Waals surface area (Å²) in [5.74, 6) is 0.791. The van der Waals surface area contributed by atoms with Crippen molar-refractivity contribution in [1.82, 2.24) is 15.1 Å². The summed E-state index contributed by atoms with van der Waals surface area (Å²) in [5.41, 5.74) is 1.79. The van der Waals surface area contributed by atoms with Gasteiger partial charge in [-0.25, -0.2) is 0 Å². The van der Waals surface area contributed by atoms with Crippen LogP contribution >= 0.6 is 11.6 Å². The van der Waals surface area contributed by atoms with Crippen LogP contribution in [0.5, 0.6) is 0 Å². The van der Waals surface area contributed by atoms with E-state index in [0.717, 1.165) is 56.5 Å². The molecule has 2 heterocycles. The maximum atomic E-state index is 5.99. The lowest BCUT2D eigenvalue weighted by molar-refractivity contribution is 0.0398. The highest BCUT2D eigenvalue weighted by molar-refractivity contribution is 6.30. The van der Waals surface area contributed by atoms with Crippen LogP contribution in [0.2, 0.25) is 5.02 Å². The van der Waals surface area contributed by atoms with E-state index >= 15 is 0 Å². The number of rotatable bonds is 5. The molecule has 0 atom stereocenters. The molecule has 1 fully saturated rings. The van der Waals surface area contributed by atoms with Crippen molar-refractivity contribution in [3.8, 4) is 11.3 Å². The van der Waals surface area contributed by atoms with Gasteiger partial charge in [-0.15, -0.1) is 10.2 Å². The molecular formula is C16H19ClN4O. The van der Waals surface area contributed by atoms with Gasteiger partial charge in [0, 0.05) is 36.8 Å². The first-order valence-corrected chi connectivity index (χ1v) is 7.83. The first-order chi connectivity index (χ1) is 10.8. The van der Waals surface area contributed by atoms with Gasteiger partial charge in [-0.1, -0.05) is 23.7 Å². The van der Waals surface area contributed by atoms with E-state index in [0.29, 0.717) is 5.02 Å². The quantitative estimate of drug-likeness (QED) is 0.918. The molecule has 2 aromatic rings. The minimum absolute atomic E-state index is 0.701. The second kappa shape index (κ2) is 7.54. The van der Waals surface area contributed by atoms with Crippen molar-refractivity contribution in [2.75, 3.05) is 44.7 Å². The Bertz CT molecular complexity index is 599. The van der Waals surface area contributed by atoms with Crippen LogP contribution in [0.1, 0.15) is 0 Å². The van der Waals surface area contributed by atoms with Crippen LogP contribution in [-0.4, -0.2) is 54.5 Å². The molecule has 0 aliphatic carbocycles. The van der Waals surface area contributed by atoms with Crippen molar-refractivity contribution in [3.63, 3.8) is 0 Å². The highest BCUT2D eigenvalue weighted by atomic mass is 35.5. The van der Waals surface area contributed by atoms with Crippen LogP contribution in [0.25, 0.3) is 11.3 Å². The minimum atomic E-state index is 0.701. The highest BCUT2D eigenvalue weighted by Crippen LogP contribution is 2.20. The van der Waals surface area contributed by atoms with E-state index in [2.05, 4.69) is 20.4 Å². The summed E-state index contributed by atoms with van der Waals surface area (Å²) in [6.45, 7) is 5.50. The second-order valence-corrected chi connectivity index (χ2v) is 5.63. The van der Waals surface area contributed by atoms with E-state index < -0.39 is 0 Å². The Kier molecular flexibility index (Phi) is 5.21. The number of halogens is 1. The standard InChI is InChI=1S/C16H19ClN4O/c17-14-3-1-2-13(12-14)15-4-5-16(20-19-15)18-6-7-21-8-10-22-11-9-21/h1-5,12H,6-11H2,(H,18,20). The first kappa shape index (κ1) is 15.2. The van der Waals surface area contributed by atoms with Crippen molar-refractivity contribution in [3.05, 3.63) is 41.4 Å². The van der Waals surface area contributed by atoms with Crippen LogP contribution in [0, 0.1) is 0 Å². The molecule has 1 aromatic carbocycles. The molecule has 0 amide bonds. The lowest BCUT2D eigenvalue weighted by Gasteiger charge is -2.26. The zero-order valence-electron chi connectivity index (χ0n) is 12.3. The Morgan fingerprint density at radius 3 is 2.73 bits per heavy atom. The maximum Gasteiger partial charge on any atom is 0.148 e.